The highest BCUT2D eigenvalue weighted by Crippen LogP contribution is 2.59. The summed E-state index contributed by atoms with van der Waals surface area (Å²) >= 11 is 0. The van der Waals surface area contributed by atoms with Crippen molar-refractivity contribution in [1.29, 1.82) is 0 Å². The number of rotatable bonds is 6. The summed E-state index contributed by atoms with van der Waals surface area (Å²) in [5.74, 6) is 1.46. The number of benzene rings is 1. The van der Waals surface area contributed by atoms with Gasteiger partial charge in [0.05, 0.1) is 0 Å². The highest BCUT2D eigenvalue weighted by atomic mass is 16.2. The van der Waals surface area contributed by atoms with Crippen molar-refractivity contribution in [1.82, 2.24) is 10.2 Å². The van der Waals surface area contributed by atoms with Gasteiger partial charge in [-0.2, -0.15) is 0 Å². The zero-order valence-corrected chi connectivity index (χ0v) is 18.5. The molecule has 1 spiro atoms. The Morgan fingerprint density at radius 1 is 1.03 bits per heavy atom. The lowest BCUT2D eigenvalue weighted by molar-refractivity contribution is -0.123. The Bertz CT molecular complexity index is 756. The van der Waals surface area contributed by atoms with Gasteiger partial charge in [-0.1, -0.05) is 55.3 Å². The molecule has 30 heavy (non-hydrogen) atoms. The molecule has 1 aromatic rings. The summed E-state index contributed by atoms with van der Waals surface area (Å²) < 4.78 is 0. The van der Waals surface area contributed by atoms with Crippen LogP contribution in [0.3, 0.4) is 0 Å². The first kappa shape index (κ1) is 20.3. The number of likely N-dealkylation sites (tertiary alicyclic amines) is 1. The monoisotopic (exact) mass is 406 g/mol. The summed E-state index contributed by atoms with van der Waals surface area (Å²) in [5.41, 5.74) is 1.90. The second-order valence-corrected chi connectivity index (χ2v) is 10.6. The van der Waals surface area contributed by atoms with Gasteiger partial charge >= 0.3 is 0 Å². The summed E-state index contributed by atoms with van der Waals surface area (Å²) in [6, 6.07) is 10.9. The van der Waals surface area contributed by atoms with Gasteiger partial charge < -0.3 is 10.2 Å². The summed E-state index contributed by atoms with van der Waals surface area (Å²) in [4.78, 5) is 15.7. The SMILES string of the molecule is O=C(NCC1(c2ccccc2)CCCC1)[C@@H]1CC12CCN(C[C@@H]1CC=CCC1)CC2. The van der Waals surface area contributed by atoms with Crippen LogP contribution in [0.4, 0.5) is 0 Å². The molecule has 3 aliphatic carbocycles. The third-order valence-corrected chi connectivity index (χ3v) is 8.80. The predicted octanol–water partition coefficient (Wildman–Crippen LogP) is 5.07. The minimum absolute atomic E-state index is 0.163. The van der Waals surface area contributed by atoms with E-state index in [9.17, 15) is 4.79 Å². The first-order chi connectivity index (χ1) is 14.7. The first-order valence-electron chi connectivity index (χ1n) is 12.4. The van der Waals surface area contributed by atoms with Gasteiger partial charge in [-0.3, -0.25) is 4.79 Å². The standard InChI is InChI=1S/C27H38N2O/c30-25(28-21-27(13-7-8-14-27)23-11-5-2-6-12-23)24-19-26(24)15-17-29(18-16-26)20-22-9-3-1-4-10-22/h1-3,5-6,11-12,22,24H,4,7-10,13-21H2,(H,28,30)/t22-,24+/m1/s1. The highest BCUT2D eigenvalue weighted by molar-refractivity contribution is 5.82. The number of hydrogen-bond donors (Lipinski definition) is 1. The van der Waals surface area contributed by atoms with Crippen LogP contribution < -0.4 is 5.32 Å². The van der Waals surface area contributed by atoms with Crippen LogP contribution in [0, 0.1) is 17.3 Å². The van der Waals surface area contributed by atoms with E-state index in [0.29, 0.717) is 11.3 Å². The maximum Gasteiger partial charge on any atom is 0.223 e. The Balaban J connectivity index is 1.12. The highest BCUT2D eigenvalue weighted by Gasteiger charge is 2.58. The number of nitrogens with zero attached hydrogens (tertiary/aromatic N) is 1. The maximum absolute atomic E-state index is 13.1. The van der Waals surface area contributed by atoms with Crippen molar-refractivity contribution < 1.29 is 4.79 Å². The zero-order chi connectivity index (χ0) is 20.4. The normalized spacial score (nSPS) is 29.7. The number of nitrogens with one attached hydrogen (secondary N) is 1. The van der Waals surface area contributed by atoms with Gasteiger partial charge in [0, 0.05) is 24.4 Å². The van der Waals surface area contributed by atoms with Crippen LogP contribution >= 0.6 is 0 Å². The minimum Gasteiger partial charge on any atom is -0.355 e. The van der Waals surface area contributed by atoms with Crippen molar-refractivity contribution in [3.05, 3.63) is 48.0 Å². The molecular weight excluding hydrogens is 368 g/mol. The molecule has 0 bridgehead atoms. The largest absolute Gasteiger partial charge is 0.355 e. The smallest absolute Gasteiger partial charge is 0.223 e. The van der Waals surface area contributed by atoms with Gasteiger partial charge in [0.25, 0.3) is 0 Å². The molecule has 1 N–H and O–H groups in total. The predicted molar refractivity (Wildman–Crippen MR) is 122 cm³/mol. The van der Waals surface area contributed by atoms with E-state index in [4.69, 9.17) is 0 Å². The van der Waals surface area contributed by atoms with Crippen molar-refractivity contribution in [3.8, 4) is 0 Å². The Labute approximate surface area is 182 Å². The second-order valence-electron chi connectivity index (χ2n) is 10.6. The fourth-order valence-electron chi connectivity index (χ4n) is 6.63. The van der Waals surface area contributed by atoms with E-state index >= 15 is 0 Å². The number of allylic oxidation sites excluding steroid dienone is 2. The molecule has 162 valence electrons. The summed E-state index contributed by atoms with van der Waals surface area (Å²) in [6.07, 6.45) is 17.1. The number of carbonyl (C=O) groups is 1. The number of hydrogen-bond acceptors (Lipinski definition) is 2. The lowest BCUT2D eigenvalue weighted by Gasteiger charge is -2.35. The Morgan fingerprint density at radius 3 is 2.50 bits per heavy atom. The van der Waals surface area contributed by atoms with Crippen LogP contribution in [-0.4, -0.2) is 37.0 Å². The van der Waals surface area contributed by atoms with Gasteiger partial charge in [-0.15, -0.1) is 0 Å². The summed E-state index contributed by atoms with van der Waals surface area (Å²) in [6.45, 7) is 4.47. The Hall–Kier alpha value is -1.61. The van der Waals surface area contributed by atoms with Crippen molar-refractivity contribution in [3.63, 3.8) is 0 Å². The maximum atomic E-state index is 13.1. The van der Waals surface area contributed by atoms with Gasteiger partial charge in [0.15, 0.2) is 0 Å². The molecule has 3 fully saturated rings. The molecule has 3 heteroatoms. The van der Waals surface area contributed by atoms with Crippen LogP contribution in [0.25, 0.3) is 0 Å². The van der Waals surface area contributed by atoms with Crippen LogP contribution in [-0.2, 0) is 10.2 Å². The molecule has 0 aromatic heterocycles. The van der Waals surface area contributed by atoms with E-state index in [1.807, 2.05) is 0 Å². The Morgan fingerprint density at radius 2 is 1.80 bits per heavy atom. The molecule has 3 nitrogen and oxygen atoms in total. The average Bonchev–Trinajstić information content (AvgIpc) is 3.27. The van der Waals surface area contributed by atoms with E-state index in [1.54, 1.807) is 0 Å². The summed E-state index contributed by atoms with van der Waals surface area (Å²) in [7, 11) is 0. The molecule has 5 rings (SSSR count). The van der Waals surface area contributed by atoms with Gasteiger partial charge in [0.1, 0.15) is 0 Å². The lowest BCUT2D eigenvalue weighted by atomic mass is 9.78. The molecule has 2 saturated carbocycles. The van der Waals surface area contributed by atoms with Crippen LogP contribution in [0.5, 0.6) is 0 Å². The first-order valence-corrected chi connectivity index (χ1v) is 12.4. The van der Waals surface area contributed by atoms with E-state index in [-0.39, 0.29) is 11.3 Å². The van der Waals surface area contributed by atoms with Gasteiger partial charge in [-0.25, -0.2) is 0 Å². The van der Waals surface area contributed by atoms with Crippen molar-refractivity contribution >= 4 is 5.91 Å². The topological polar surface area (TPSA) is 32.3 Å². The molecule has 2 atom stereocenters. The van der Waals surface area contributed by atoms with Gasteiger partial charge in [0.2, 0.25) is 5.91 Å². The second kappa shape index (κ2) is 8.49. The van der Waals surface area contributed by atoms with Crippen molar-refractivity contribution in [2.24, 2.45) is 17.3 Å². The molecule has 4 aliphatic rings. The van der Waals surface area contributed by atoms with E-state index < -0.39 is 0 Å². The fourth-order valence-corrected chi connectivity index (χ4v) is 6.63. The zero-order valence-electron chi connectivity index (χ0n) is 18.5. The minimum atomic E-state index is 0.163. The quantitative estimate of drug-likeness (QED) is 0.669. The third-order valence-electron chi connectivity index (χ3n) is 8.80. The van der Waals surface area contributed by atoms with Crippen LogP contribution in [0.1, 0.15) is 69.8 Å². The Kier molecular flexibility index (Phi) is 5.75. The molecule has 0 unspecified atom stereocenters. The molecule has 1 saturated heterocycles. The van der Waals surface area contributed by atoms with Crippen LogP contribution in [0.15, 0.2) is 42.5 Å². The van der Waals surface area contributed by atoms with E-state index in [0.717, 1.165) is 18.9 Å². The average molecular weight is 407 g/mol. The number of piperidine rings is 1. The van der Waals surface area contributed by atoms with Crippen molar-refractivity contribution in [2.45, 2.75) is 69.6 Å². The fraction of sp³-hybridized carbons (Fsp3) is 0.667. The third kappa shape index (κ3) is 4.10. The van der Waals surface area contributed by atoms with E-state index in [1.165, 1.54) is 83.0 Å². The molecule has 1 heterocycles. The van der Waals surface area contributed by atoms with Crippen LogP contribution in [0.2, 0.25) is 0 Å². The molecule has 1 amide bonds. The summed E-state index contributed by atoms with van der Waals surface area (Å²) in [5, 5.41) is 3.41. The lowest BCUT2D eigenvalue weighted by Crippen LogP contribution is -2.42. The van der Waals surface area contributed by atoms with Crippen molar-refractivity contribution in [2.75, 3.05) is 26.2 Å². The number of carbonyl (C=O) groups excluding carboxylic acids is 1. The number of amides is 1. The molecular formula is C27H38N2O. The van der Waals surface area contributed by atoms with E-state index in [2.05, 4.69) is 52.7 Å². The molecule has 1 aromatic carbocycles. The van der Waals surface area contributed by atoms with Gasteiger partial charge in [-0.05, 0) is 81.4 Å². The molecule has 0 radical (unpaired) electrons. The molecule has 1 aliphatic heterocycles.